The van der Waals surface area contributed by atoms with Gasteiger partial charge in [0.05, 0.1) is 6.54 Å². The van der Waals surface area contributed by atoms with Gasteiger partial charge in [-0.25, -0.2) is 9.78 Å². The Bertz CT molecular complexity index is 567. The van der Waals surface area contributed by atoms with Crippen molar-refractivity contribution in [2.45, 2.75) is 43.3 Å². The van der Waals surface area contributed by atoms with E-state index < -0.39 is 28.8 Å². The second-order valence-corrected chi connectivity index (χ2v) is 7.37. The summed E-state index contributed by atoms with van der Waals surface area (Å²) in [6.45, 7) is 4.71. The molecular weight excluding hydrogens is 343 g/mol. The first-order valence-corrected chi connectivity index (χ1v) is 7.53. The third kappa shape index (κ3) is 6.10. The molecule has 0 bridgehead atoms. The van der Waals surface area contributed by atoms with Crippen LogP contribution in [0, 0.1) is 0 Å². The summed E-state index contributed by atoms with van der Waals surface area (Å²) in [7, 11) is 0. The smallest absolute Gasteiger partial charge is 0.435 e. The van der Waals surface area contributed by atoms with E-state index in [0.29, 0.717) is 11.3 Å². The quantitative estimate of drug-likeness (QED) is 0.809. The van der Waals surface area contributed by atoms with E-state index in [4.69, 9.17) is 10.5 Å². The summed E-state index contributed by atoms with van der Waals surface area (Å²) in [5.41, 5.74) is 2.97. The third-order valence-electron chi connectivity index (χ3n) is 1.88. The third-order valence-corrected chi connectivity index (χ3v) is 3.81. The number of nitrogens with one attached hydrogen (secondary N) is 1. The molecule has 0 aromatic carbocycles. The SMILES string of the molecule is CC(C)(C)OC(=O)NCc1nc(C(F)(F)F)c(SC(N)=O)s1. The lowest BCUT2D eigenvalue weighted by atomic mass is 10.2. The number of aromatic nitrogens is 1. The first-order valence-electron chi connectivity index (χ1n) is 5.89. The summed E-state index contributed by atoms with van der Waals surface area (Å²) in [5, 5.41) is 1.31. The summed E-state index contributed by atoms with van der Waals surface area (Å²) in [6.07, 6.45) is -5.49. The molecule has 0 aliphatic carbocycles. The zero-order valence-corrected chi connectivity index (χ0v) is 13.5. The van der Waals surface area contributed by atoms with Gasteiger partial charge in [0.2, 0.25) is 0 Å². The van der Waals surface area contributed by atoms with Gasteiger partial charge in [-0.05, 0) is 32.5 Å². The van der Waals surface area contributed by atoms with Crippen LogP contribution in [-0.4, -0.2) is 21.9 Å². The molecule has 0 atom stereocenters. The Balaban J connectivity index is 2.82. The number of thiazole rings is 1. The van der Waals surface area contributed by atoms with Gasteiger partial charge in [-0.2, -0.15) is 13.2 Å². The van der Waals surface area contributed by atoms with Crippen LogP contribution < -0.4 is 11.1 Å². The maximum absolute atomic E-state index is 12.8. The van der Waals surface area contributed by atoms with E-state index in [1.165, 1.54) is 0 Å². The van der Waals surface area contributed by atoms with Crippen LogP contribution in [0.3, 0.4) is 0 Å². The van der Waals surface area contributed by atoms with Crippen molar-refractivity contribution in [2.75, 3.05) is 0 Å². The molecule has 3 N–H and O–H groups in total. The monoisotopic (exact) mass is 357 g/mol. The molecule has 1 aromatic heterocycles. The number of nitrogens with zero attached hydrogens (tertiary/aromatic N) is 1. The maximum atomic E-state index is 12.8. The number of halogens is 3. The second-order valence-electron chi connectivity index (χ2n) is 5.02. The molecule has 1 heterocycles. The number of thioether (sulfide) groups is 1. The predicted octanol–water partition coefficient (Wildman–Crippen LogP) is 3.36. The van der Waals surface area contributed by atoms with Gasteiger partial charge in [0.25, 0.3) is 5.24 Å². The van der Waals surface area contributed by atoms with E-state index in [9.17, 15) is 22.8 Å². The Hall–Kier alpha value is -1.49. The van der Waals surface area contributed by atoms with Gasteiger partial charge in [-0.15, -0.1) is 11.3 Å². The van der Waals surface area contributed by atoms with E-state index in [0.717, 1.165) is 0 Å². The van der Waals surface area contributed by atoms with E-state index in [1.54, 1.807) is 20.8 Å². The molecule has 6 nitrogen and oxygen atoms in total. The molecule has 22 heavy (non-hydrogen) atoms. The van der Waals surface area contributed by atoms with Crippen LogP contribution in [0.25, 0.3) is 0 Å². The number of hydrogen-bond acceptors (Lipinski definition) is 6. The summed E-state index contributed by atoms with van der Waals surface area (Å²) in [5.74, 6) is 0. The van der Waals surface area contributed by atoms with E-state index in [1.807, 2.05) is 0 Å². The molecule has 1 aromatic rings. The lowest BCUT2D eigenvalue weighted by Crippen LogP contribution is -2.32. The Morgan fingerprint density at radius 3 is 2.41 bits per heavy atom. The van der Waals surface area contributed by atoms with Crippen LogP contribution in [0.5, 0.6) is 0 Å². The van der Waals surface area contributed by atoms with E-state index in [-0.39, 0.29) is 27.5 Å². The normalized spacial score (nSPS) is 12.1. The van der Waals surface area contributed by atoms with Crippen LogP contribution in [0.1, 0.15) is 31.5 Å². The minimum absolute atomic E-state index is 0.0121. The average molecular weight is 357 g/mol. The number of amides is 2. The summed E-state index contributed by atoms with van der Waals surface area (Å²) >= 11 is 0.883. The molecule has 2 amide bonds. The highest BCUT2D eigenvalue weighted by molar-refractivity contribution is 8.14. The Morgan fingerprint density at radius 1 is 1.36 bits per heavy atom. The largest absolute Gasteiger partial charge is 0.444 e. The Morgan fingerprint density at radius 2 is 1.95 bits per heavy atom. The van der Waals surface area contributed by atoms with E-state index >= 15 is 0 Å². The molecule has 11 heteroatoms. The first-order chi connectivity index (χ1) is 9.88. The fourth-order valence-electron chi connectivity index (χ4n) is 1.23. The number of rotatable bonds is 3. The highest BCUT2D eigenvalue weighted by atomic mass is 32.2. The van der Waals surface area contributed by atoms with Crippen molar-refractivity contribution in [1.82, 2.24) is 10.3 Å². The molecule has 0 aliphatic rings. The molecule has 0 spiro atoms. The number of nitrogens with two attached hydrogens (primary N) is 1. The summed E-state index contributed by atoms with van der Waals surface area (Å²) in [6, 6.07) is 0. The summed E-state index contributed by atoms with van der Waals surface area (Å²) in [4.78, 5) is 25.6. The van der Waals surface area contributed by atoms with Gasteiger partial charge in [-0.3, -0.25) is 4.79 Å². The van der Waals surface area contributed by atoms with Gasteiger partial charge in [0.15, 0.2) is 5.69 Å². The minimum atomic E-state index is -4.71. The van der Waals surface area contributed by atoms with Crippen LogP contribution in [0.4, 0.5) is 22.8 Å². The Kier molecular flexibility index (Phi) is 5.68. The molecule has 0 unspecified atom stereocenters. The number of carbonyl (C=O) groups excluding carboxylic acids is 2. The highest BCUT2D eigenvalue weighted by Gasteiger charge is 2.38. The number of carbonyl (C=O) groups is 2. The van der Waals surface area contributed by atoms with Crippen molar-refractivity contribution in [3.8, 4) is 0 Å². The number of alkyl halides is 3. The predicted molar refractivity (Wildman–Crippen MR) is 75.6 cm³/mol. The fraction of sp³-hybridized carbons (Fsp3) is 0.545. The lowest BCUT2D eigenvalue weighted by molar-refractivity contribution is -0.142. The molecule has 0 radical (unpaired) electrons. The number of primary amides is 1. The van der Waals surface area contributed by atoms with Crippen LogP contribution in [0.2, 0.25) is 0 Å². The molecule has 0 fully saturated rings. The fourth-order valence-corrected chi connectivity index (χ4v) is 3.12. The van der Waals surface area contributed by atoms with Gasteiger partial charge in [0, 0.05) is 0 Å². The highest BCUT2D eigenvalue weighted by Crippen LogP contribution is 2.39. The van der Waals surface area contributed by atoms with Crippen molar-refractivity contribution in [3.05, 3.63) is 10.7 Å². The number of ether oxygens (including phenoxy) is 1. The summed E-state index contributed by atoms with van der Waals surface area (Å²) < 4.78 is 43.0. The first kappa shape index (κ1) is 18.6. The van der Waals surface area contributed by atoms with Crippen LogP contribution in [0.15, 0.2) is 4.21 Å². The van der Waals surface area contributed by atoms with Crippen LogP contribution >= 0.6 is 23.1 Å². The van der Waals surface area contributed by atoms with Crippen molar-refractivity contribution in [2.24, 2.45) is 5.73 Å². The molecule has 1 rings (SSSR count). The molecule has 0 saturated heterocycles. The molecule has 124 valence electrons. The lowest BCUT2D eigenvalue weighted by Gasteiger charge is -2.19. The van der Waals surface area contributed by atoms with Gasteiger partial charge >= 0.3 is 12.3 Å². The molecule has 0 saturated carbocycles. The van der Waals surface area contributed by atoms with Gasteiger partial charge < -0.3 is 15.8 Å². The van der Waals surface area contributed by atoms with E-state index in [2.05, 4.69) is 10.3 Å². The second kappa shape index (κ2) is 6.73. The zero-order valence-electron chi connectivity index (χ0n) is 11.9. The van der Waals surface area contributed by atoms with Gasteiger partial charge in [0.1, 0.15) is 14.8 Å². The number of alkyl carbamates (subject to hydrolysis) is 1. The van der Waals surface area contributed by atoms with Crippen molar-refractivity contribution < 1.29 is 27.5 Å². The van der Waals surface area contributed by atoms with Crippen molar-refractivity contribution in [1.29, 1.82) is 0 Å². The molecular formula is C11H14F3N3O3S2. The van der Waals surface area contributed by atoms with Crippen molar-refractivity contribution in [3.63, 3.8) is 0 Å². The number of hydrogen-bond donors (Lipinski definition) is 2. The molecule has 0 aliphatic heterocycles. The Labute approximate surface area is 132 Å². The van der Waals surface area contributed by atoms with Crippen molar-refractivity contribution >= 4 is 34.4 Å². The topological polar surface area (TPSA) is 94.3 Å². The maximum Gasteiger partial charge on any atom is 0.435 e. The van der Waals surface area contributed by atoms with Crippen LogP contribution in [-0.2, 0) is 17.5 Å². The zero-order chi connectivity index (χ0) is 17.1. The van der Waals surface area contributed by atoms with Gasteiger partial charge in [-0.1, -0.05) is 0 Å². The standard InChI is InChI=1S/C11H14F3N3O3S2/c1-10(2,3)20-9(19)16-4-5-17-6(11(12,13)14)7(21-5)22-8(15)18/h4H2,1-3H3,(H2,15,18)(H,16,19). The minimum Gasteiger partial charge on any atom is -0.444 e. The average Bonchev–Trinajstić information content (AvgIpc) is 2.66.